The van der Waals surface area contributed by atoms with Crippen LogP contribution in [-0.2, 0) is 17.9 Å². The monoisotopic (exact) mass is 275 g/mol. The third-order valence-electron chi connectivity index (χ3n) is 5.25. The SMILES string of the molecule is CCn1nccc1CN(C)C(=O)CC1CC2CCC1C2. The Morgan fingerprint density at radius 1 is 1.45 bits per heavy atom. The highest BCUT2D eigenvalue weighted by Crippen LogP contribution is 2.49. The van der Waals surface area contributed by atoms with Crippen LogP contribution in [0.25, 0.3) is 0 Å². The Hall–Kier alpha value is -1.32. The number of hydrogen-bond donors (Lipinski definition) is 0. The van der Waals surface area contributed by atoms with Crippen LogP contribution in [0.1, 0.15) is 44.7 Å². The molecular formula is C16H25N3O. The second kappa shape index (κ2) is 5.58. The van der Waals surface area contributed by atoms with Crippen LogP contribution in [0, 0.1) is 17.8 Å². The van der Waals surface area contributed by atoms with Gasteiger partial charge in [0.25, 0.3) is 0 Å². The number of amides is 1. The number of carbonyl (C=O) groups excluding carboxylic acids is 1. The maximum absolute atomic E-state index is 12.4. The van der Waals surface area contributed by atoms with Crippen LogP contribution in [0.4, 0.5) is 0 Å². The molecule has 4 heteroatoms. The lowest BCUT2D eigenvalue weighted by atomic mass is 9.86. The third-order valence-corrected chi connectivity index (χ3v) is 5.25. The van der Waals surface area contributed by atoms with Crippen molar-refractivity contribution >= 4 is 5.91 Å². The van der Waals surface area contributed by atoms with E-state index in [2.05, 4.69) is 12.0 Å². The summed E-state index contributed by atoms with van der Waals surface area (Å²) in [5.41, 5.74) is 1.12. The van der Waals surface area contributed by atoms with E-state index in [1.807, 2.05) is 28.9 Å². The molecule has 2 saturated carbocycles. The average Bonchev–Trinajstić information content (AvgIpc) is 3.14. The van der Waals surface area contributed by atoms with Crippen molar-refractivity contribution < 1.29 is 4.79 Å². The topological polar surface area (TPSA) is 38.1 Å². The molecule has 110 valence electrons. The molecular weight excluding hydrogens is 250 g/mol. The molecule has 2 aliphatic carbocycles. The zero-order chi connectivity index (χ0) is 14.1. The summed E-state index contributed by atoms with van der Waals surface area (Å²) < 4.78 is 1.96. The van der Waals surface area contributed by atoms with E-state index in [0.717, 1.165) is 30.5 Å². The number of rotatable bonds is 5. The van der Waals surface area contributed by atoms with Gasteiger partial charge in [-0.1, -0.05) is 6.42 Å². The predicted octanol–water partition coefficient (Wildman–Crippen LogP) is 2.69. The van der Waals surface area contributed by atoms with Crippen LogP contribution in [0.3, 0.4) is 0 Å². The van der Waals surface area contributed by atoms with Gasteiger partial charge >= 0.3 is 0 Å². The first-order chi connectivity index (χ1) is 9.67. The van der Waals surface area contributed by atoms with Gasteiger partial charge in [-0.05, 0) is 50.0 Å². The van der Waals surface area contributed by atoms with Crippen LogP contribution in [0.2, 0.25) is 0 Å². The van der Waals surface area contributed by atoms with E-state index < -0.39 is 0 Å². The number of nitrogens with zero attached hydrogens (tertiary/aromatic N) is 3. The van der Waals surface area contributed by atoms with E-state index in [1.165, 1.54) is 25.7 Å². The molecule has 3 atom stereocenters. The van der Waals surface area contributed by atoms with Gasteiger partial charge in [0, 0.05) is 26.2 Å². The van der Waals surface area contributed by atoms with Crippen molar-refractivity contribution in [3.05, 3.63) is 18.0 Å². The molecule has 4 nitrogen and oxygen atoms in total. The normalized spacial score (nSPS) is 28.0. The molecule has 2 fully saturated rings. The molecule has 3 rings (SSSR count). The summed E-state index contributed by atoms with van der Waals surface area (Å²) in [6.07, 6.45) is 7.99. The van der Waals surface area contributed by atoms with Crippen LogP contribution >= 0.6 is 0 Å². The quantitative estimate of drug-likeness (QED) is 0.828. The minimum atomic E-state index is 0.298. The highest BCUT2D eigenvalue weighted by molar-refractivity contribution is 5.76. The molecule has 0 radical (unpaired) electrons. The predicted molar refractivity (Wildman–Crippen MR) is 77.9 cm³/mol. The second-order valence-electron chi connectivity index (χ2n) is 6.53. The molecule has 20 heavy (non-hydrogen) atoms. The summed E-state index contributed by atoms with van der Waals surface area (Å²) in [5.74, 6) is 2.70. The van der Waals surface area contributed by atoms with Crippen LogP contribution < -0.4 is 0 Å². The highest BCUT2D eigenvalue weighted by atomic mass is 16.2. The molecule has 0 aromatic carbocycles. The Kier molecular flexibility index (Phi) is 3.81. The van der Waals surface area contributed by atoms with Gasteiger partial charge in [-0.25, -0.2) is 0 Å². The Morgan fingerprint density at radius 2 is 2.30 bits per heavy atom. The number of fused-ring (bicyclic) bond motifs is 2. The molecule has 2 bridgehead atoms. The van der Waals surface area contributed by atoms with Crippen LogP contribution in [0.15, 0.2) is 12.3 Å². The van der Waals surface area contributed by atoms with Crippen LogP contribution in [-0.4, -0.2) is 27.6 Å². The Balaban J connectivity index is 1.54. The van der Waals surface area contributed by atoms with Crippen molar-refractivity contribution in [2.45, 2.75) is 52.1 Å². The highest BCUT2D eigenvalue weighted by Gasteiger charge is 2.40. The zero-order valence-electron chi connectivity index (χ0n) is 12.6. The summed E-state index contributed by atoms with van der Waals surface area (Å²) in [5, 5.41) is 4.26. The maximum atomic E-state index is 12.4. The van der Waals surface area contributed by atoms with E-state index in [9.17, 15) is 4.79 Å². The van der Waals surface area contributed by atoms with Crippen molar-refractivity contribution in [3.8, 4) is 0 Å². The van der Waals surface area contributed by atoms with Gasteiger partial charge < -0.3 is 4.90 Å². The molecule has 0 saturated heterocycles. The van der Waals surface area contributed by atoms with E-state index in [4.69, 9.17) is 0 Å². The van der Waals surface area contributed by atoms with Crippen molar-refractivity contribution in [3.63, 3.8) is 0 Å². The fourth-order valence-electron chi connectivity index (χ4n) is 4.12. The molecule has 2 aliphatic rings. The largest absolute Gasteiger partial charge is 0.340 e. The lowest BCUT2D eigenvalue weighted by Crippen LogP contribution is -2.30. The van der Waals surface area contributed by atoms with Crippen molar-refractivity contribution in [2.75, 3.05) is 7.05 Å². The third kappa shape index (κ3) is 2.60. The molecule has 0 aliphatic heterocycles. The fraction of sp³-hybridized carbons (Fsp3) is 0.750. The Labute approximate surface area is 121 Å². The molecule has 0 spiro atoms. The van der Waals surface area contributed by atoms with Gasteiger partial charge in [-0.2, -0.15) is 5.10 Å². The Bertz CT molecular complexity index is 482. The van der Waals surface area contributed by atoms with E-state index >= 15 is 0 Å². The molecule has 3 unspecified atom stereocenters. The maximum Gasteiger partial charge on any atom is 0.222 e. The molecule has 1 aromatic rings. The number of aryl methyl sites for hydroxylation is 1. The minimum Gasteiger partial charge on any atom is -0.340 e. The van der Waals surface area contributed by atoms with Gasteiger partial charge in [0.05, 0.1) is 12.2 Å². The van der Waals surface area contributed by atoms with Crippen molar-refractivity contribution in [1.82, 2.24) is 14.7 Å². The number of aromatic nitrogens is 2. The molecule has 1 aromatic heterocycles. The van der Waals surface area contributed by atoms with Gasteiger partial charge in [-0.3, -0.25) is 9.48 Å². The summed E-state index contributed by atoms with van der Waals surface area (Å²) in [4.78, 5) is 14.3. The fourth-order valence-corrected chi connectivity index (χ4v) is 4.12. The smallest absolute Gasteiger partial charge is 0.222 e. The Morgan fingerprint density at radius 3 is 2.95 bits per heavy atom. The van der Waals surface area contributed by atoms with Crippen molar-refractivity contribution in [1.29, 1.82) is 0 Å². The zero-order valence-corrected chi connectivity index (χ0v) is 12.6. The summed E-state index contributed by atoms with van der Waals surface area (Å²) in [7, 11) is 1.92. The average molecular weight is 275 g/mol. The van der Waals surface area contributed by atoms with Gasteiger partial charge in [0.2, 0.25) is 5.91 Å². The van der Waals surface area contributed by atoms with E-state index in [1.54, 1.807) is 0 Å². The number of carbonyl (C=O) groups is 1. The van der Waals surface area contributed by atoms with Gasteiger partial charge in [0.1, 0.15) is 0 Å². The standard InChI is InChI=1S/C16H25N3O/c1-3-19-15(6-7-17-19)11-18(2)16(20)10-14-9-12-4-5-13(14)8-12/h6-7,12-14H,3-5,8-11H2,1-2H3. The second-order valence-corrected chi connectivity index (χ2v) is 6.53. The lowest BCUT2D eigenvalue weighted by molar-refractivity contribution is -0.131. The summed E-state index contributed by atoms with van der Waals surface area (Å²) >= 11 is 0. The lowest BCUT2D eigenvalue weighted by Gasteiger charge is -2.24. The first-order valence-electron chi connectivity index (χ1n) is 7.92. The van der Waals surface area contributed by atoms with E-state index in [0.29, 0.717) is 18.4 Å². The summed E-state index contributed by atoms with van der Waals surface area (Å²) in [6.45, 7) is 3.61. The minimum absolute atomic E-state index is 0.298. The van der Waals surface area contributed by atoms with Gasteiger partial charge in [-0.15, -0.1) is 0 Å². The first-order valence-corrected chi connectivity index (χ1v) is 7.92. The number of hydrogen-bond acceptors (Lipinski definition) is 2. The molecule has 1 heterocycles. The summed E-state index contributed by atoms with van der Waals surface area (Å²) in [6, 6.07) is 2.00. The molecule has 0 N–H and O–H groups in total. The van der Waals surface area contributed by atoms with Gasteiger partial charge in [0.15, 0.2) is 0 Å². The van der Waals surface area contributed by atoms with Crippen LogP contribution in [0.5, 0.6) is 0 Å². The van der Waals surface area contributed by atoms with E-state index in [-0.39, 0.29) is 0 Å². The molecule has 1 amide bonds. The van der Waals surface area contributed by atoms with Crippen molar-refractivity contribution in [2.24, 2.45) is 17.8 Å². The first kappa shape index (κ1) is 13.7.